The summed E-state index contributed by atoms with van der Waals surface area (Å²) in [6.07, 6.45) is 11.1. The summed E-state index contributed by atoms with van der Waals surface area (Å²) in [4.78, 5) is 2.92. The maximum atomic E-state index is 3.45. The van der Waals surface area contributed by atoms with Gasteiger partial charge in [0.25, 0.3) is 0 Å². The minimum Gasteiger partial charge on any atom is -0.312 e. The van der Waals surface area contributed by atoms with Gasteiger partial charge in [-0.2, -0.15) is 0 Å². The van der Waals surface area contributed by atoms with Crippen molar-refractivity contribution in [2.75, 3.05) is 7.05 Å². The van der Waals surface area contributed by atoms with Crippen molar-refractivity contribution in [2.45, 2.75) is 71.3 Å². The predicted octanol–water partition coefficient (Wildman–Crippen LogP) is 5.46. The smallest absolute Gasteiger partial charge is 0.0412 e. The van der Waals surface area contributed by atoms with Crippen molar-refractivity contribution in [1.82, 2.24) is 5.32 Å². The lowest BCUT2D eigenvalue weighted by molar-refractivity contribution is 0.501. The summed E-state index contributed by atoms with van der Waals surface area (Å²) in [5, 5.41) is 3.45. The third-order valence-corrected chi connectivity index (χ3v) is 4.66. The number of nitrogens with one attached hydrogen (secondary N) is 1. The van der Waals surface area contributed by atoms with Gasteiger partial charge in [0.2, 0.25) is 0 Å². The molecule has 1 unspecified atom stereocenters. The number of thiophene rings is 1. The maximum Gasteiger partial charge on any atom is 0.0412 e. The van der Waals surface area contributed by atoms with Gasteiger partial charge < -0.3 is 5.32 Å². The fourth-order valence-electron chi connectivity index (χ4n) is 2.38. The Morgan fingerprint density at radius 1 is 1.06 bits per heavy atom. The molecule has 0 fully saturated rings. The molecule has 0 aromatic carbocycles. The lowest BCUT2D eigenvalue weighted by atomic mass is 10.0. The van der Waals surface area contributed by atoms with E-state index in [4.69, 9.17) is 0 Å². The Kier molecular flexibility index (Phi) is 8.36. The minimum absolute atomic E-state index is 0.569. The monoisotopic (exact) mass is 267 g/mol. The van der Waals surface area contributed by atoms with E-state index in [0.717, 1.165) is 0 Å². The van der Waals surface area contributed by atoms with Crippen LogP contribution in [0, 0.1) is 6.92 Å². The van der Waals surface area contributed by atoms with Gasteiger partial charge in [-0.05, 0) is 32.5 Å². The summed E-state index contributed by atoms with van der Waals surface area (Å²) < 4.78 is 0. The van der Waals surface area contributed by atoms with Gasteiger partial charge in [-0.1, -0.05) is 51.9 Å². The van der Waals surface area contributed by atoms with Gasteiger partial charge in [0.1, 0.15) is 0 Å². The van der Waals surface area contributed by atoms with Crippen molar-refractivity contribution in [3.05, 3.63) is 21.9 Å². The zero-order valence-electron chi connectivity index (χ0n) is 12.3. The quantitative estimate of drug-likeness (QED) is 0.555. The first-order valence-electron chi connectivity index (χ1n) is 7.51. The van der Waals surface area contributed by atoms with Gasteiger partial charge in [0, 0.05) is 15.8 Å². The van der Waals surface area contributed by atoms with Crippen LogP contribution in [0.4, 0.5) is 0 Å². The molecule has 0 saturated carbocycles. The second-order valence-electron chi connectivity index (χ2n) is 5.20. The van der Waals surface area contributed by atoms with E-state index in [2.05, 4.69) is 38.3 Å². The van der Waals surface area contributed by atoms with Crippen molar-refractivity contribution in [2.24, 2.45) is 0 Å². The molecule has 1 aromatic rings. The van der Waals surface area contributed by atoms with Crippen molar-refractivity contribution < 1.29 is 0 Å². The highest BCUT2D eigenvalue weighted by Gasteiger charge is 2.10. The highest BCUT2D eigenvalue weighted by molar-refractivity contribution is 7.12. The molecule has 1 N–H and O–H groups in total. The first-order valence-corrected chi connectivity index (χ1v) is 8.33. The molecule has 1 atom stereocenters. The van der Waals surface area contributed by atoms with Gasteiger partial charge in [-0.25, -0.2) is 0 Å². The summed E-state index contributed by atoms with van der Waals surface area (Å²) in [5.41, 5.74) is 0. The maximum absolute atomic E-state index is 3.45. The topological polar surface area (TPSA) is 12.0 Å². The van der Waals surface area contributed by atoms with Crippen LogP contribution >= 0.6 is 11.3 Å². The van der Waals surface area contributed by atoms with E-state index in [-0.39, 0.29) is 0 Å². The number of hydrogen-bond acceptors (Lipinski definition) is 2. The van der Waals surface area contributed by atoms with E-state index >= 15 is 0 Å². The summed E-state index contributed by atoms with van der Waals surface area (Å²) in [6, 6.07) is 5.08. The van der Waals surface area contributed by atoms with Gasteiger partial charge in [-0.3, -0.25) is 0 Å². The van der Waals surface area contributed by atoms with Crippen LogP contribution < -0.4 is 5.32 Å². The van der Waals surface area contributed by atoms with E-state index in [9.17, 15) is 0 Å². The van der Waals surface area contributed by atoms with Gasteiger partial charge >= 0.3 is 0 Å². The number of rotatable bonds is 10. The molecule has 2 heteroatoms. The Bertz CT molecular complexity index is 306. The van der Waals surface area contributed by atoms with Crippen molar-refractivity contribution in [3.63, 3.8) is 0 Å². The minimum atomic E-state index is 0.569. The summed E-state index contributed by atoms with van der Waals surface area (Å²) in [6.45, 7) is 4.47. The predicted molar refractivity (Wildman–Crippen MR) is 83.5 cm³/mol. The Labute approximate surface area is 117 Å². The first kappa shape index (κ1) is 15.7. The largest absolute Gasteiger partial charge is 0.312 e. The molecule has 0 radical (unpaired) electrons. The Balaban J connectivity index is 2.13. The van der Waals surface area contributed by atoms with Crippen molar-refractivity contribution in [3.8, 4) is 0 Å². The van der Waals surface area contributed by atoms with E-state index in [1.54, 1.807) is 0 Å². The summed E-state index contributed by atoms with van der Waals surface area (Å²) in [5.74, 6) is 0. The molecule has 104 valence electrons. The van der Waals surface area contributed by atoms with Gasteiger partial charge in [0.05, 0.1) is 0 Å². The van der Waals surface area contributed by atoms with Gasteiger partial charge in [-0.15, -0.1) is 11.3 Å². The van der Waals surface area contributed by atoms with Crippen molar-refractivity contribution in [1.29, 1.82) is 0 Å². The molecule has 0 amide bonds. The zero-order chi connectivity index (χ0) is 13.2. The summed E-state index contributed by atoms with van der Waals surface area (Å²) in [7, 11) is 2.08. The molecule has 0 aliphatic heterocycles. The van der Waals surface area contributed by atoms with Crippen LogP contribution in [0.5, 0.6) is 0 Å². The lowest BCUT2D eigenvalue weighted by Crippen LogP contribution is -2.14. The molecule has 1 heterocycles. The normalized spacial score (nSPS) is 12.8. The van der Waals surface area contributed by atoms with Crippen LogP contribution in [-0.4, -0.2) is 7.05 Å². The average Bonchev–Trinajstić information content (AvgIpc) is 2.79. The average molecular weight is 267 g/mol. The van der Waals surface area contributed by atoms with Crippen LogP contribution in [-0.2, 0) is 0 Å². The third-order valence-electron chi connectivity index (χ3n) is 3.55. The van der Waals surface area contributed by atoms with Crippen molar-refractivity contribution >= 4 is 11.3 Å². The number of hydrogen-bond donors (Lipinski definition) is 1. The molecular formula is C16H29NS. The molecule has 0 aliphatic carbocycles. The molecule has 1 aromatic heterocycles. The number of unbranched alkanes of at least 4 members (excludes halogenated alkanes) is 6. The zero-order valence-corrected chi connectivity index (χ0v) is 13.1. The fourth-order valence-corrected chi connectivity index (χ4v) is 3.40. The molecule has 0 bridgehead atoms. The van der Waals surface area contributed by atoms with Crippen LogP contribution in [0.15, 0.2) is 12.1 Å². The molecular weight excluding hydrogens is 238 g/mol. The SMILES string of the molecule is CCCCCCCCCC(NC)c1ccc(C)s1. The third kappa shape index (κ3) is 6.01. The van der Waals surface area contributed by atoms with E-state index in [1.165, 1.54) is 61.1 Å². The highest BCUT2D eigenvalue weighted by Crippen LogP contribution is 2.26. The van der Waals surface area contributed by atoms with E-state index < -0.39 is 0 Å². The second-order valence-corrected chi connectivity index (χ2v) is 6.52. The Morgan fingerprint density at radius 2 is 1.72 bits per heavy atom. The number of aryl methyl sites for hydroxylation is 1. The molecule has 0 saturated heterocycles. The van der Waals surface area contributed by atoms with Gasteiger partial charge in [0.15, 0.2) is 0 Å². The van der Waals surface area contributed by atoms with Crippen LogP contribution in [0.25, 0.3) is 0 Å². The molecule has 1 rings (SSSR count). The van der Waals surface area contributed by atoms with E-state index in [1.807, 2.05) is 11.3 Å². The summed E-state index contributed by atoms with van der Waals surface area (Å²) >= 11 is 1.93. The second kappa shape index (κ2) is 9.57. The molecule has 18 heavy (non-hydrogen) atoms. The van der Waals surface area contributed by atoms with Crippen LogP contribution in [0.2, 0.25) is 0 Å². The van der Waals surface area contributed by atoms with E-state index in [0.29, 0.717) is 6.04 Å². The standard InChI is InChI=1S/C16H29NS/c1-4-5-6-7-8-9-10-11-15(17-3)16-13-12-14(2)18-16/h12-13,15,17H,4-11H2,1-3H3. The van der Waals surface area contributed by atoms with Crippen LogP contribution in [0.3, 0.4) is 0 Å². The van der Waals surface area contributed by atoms with Crippen LogP contribution in [0.1, 0.15) is 74.1 Å². The molecule has 0 spiro atoms. The fraction of sp³-hybridized carbons (Fsp3) is 0.750. The molecule has 0 aliphatic rings. The Morgan fingerprint density at radius 3 is 2.28 bits per heavy atom. The first-order chi connectivity index (χ1) is 8.77. The Hall–Kier alpha value is -0.340. The molecule has 1 nitrogen and oxygen atoms in total. The highest BCUT2D eigenvalue weighted by atomic mass is 32.1. The lowest BCUT2D eigenvalue weighted by Gasteiger charge is -2.14.